The monoisotopic (exact) mass is 283 g/mol. The Bertz CT molecular complexity index is 554. The third-order valence-electron chi connectivity index (χ3n) is 2.86. The molecule has 0 saturated carbocycles. The van der Waals surface area contributed by atoms with Gasteiger partial charge in [0.25, 0.3) is 0 Å². The summed E-state index contributed by atoms with van der Waals surface area (Å²) in [4.78, 5) is 4.57. The topological polar surface area (TPSA) is 30.7 Å². The Labute approximate surface area is 117 Å². The maximum absolute atomic E-state index is 6.16. The minimum atomic E-state index is 0.468. The molecule has 2 rings (SSSR count). The predicted octanol–water partition coefficient (Wildman–Crippen LogP) is 3.84. The van der Waals surface area contributed by atoms with E-state index in [2.05, 4.69) is 17.0 Å². The van der Waals surface area contributed by atoms with Crippen molar-refractivity contribution in [2.24, 2.45) is 0 Å². The van der Waals surface area contributed by atoms with Crippen LogP contribution in [0.5, 0.6) is 0 Å². The average molecular weight is 284 g/mol. The van der Waals surface area contributed by atoms with Gasteiger partial charge in [-0.3, -0.25) is 0 Å². The van der Waals surface area contributed by atoms with Gasteiger partial charge in [0.1, 0.15) is 0 Å². The second-order valence-electron chi connectivity index (χ2n) is 4.21. The van der Waals surface area contributed by atoms with Crippen molar-refractivity contribution in [1.29, 1.82) is 0 Å². The van der Waals surface area contributed by atoms with Crippen LogP contribution in [0.3, 0.4) is 0 Å². The van der Waals surface area contributed by atoms with E-state index in [4.69, 9.17) is 23.2 Å². The lowest BCUT2D eigenvalue weighted by Crippen LogP contribution is -2.05. The molecular weight excluding hydrogens is 269 g/mol. The van der Waals surface area contributed by atoms with Crippen LogP contribution in [0.15, 0.2) is 12.1 Å². The summed E-state index contributed by atoms with van der Waals surface area (Å²) in [5.41, 5.74) is 3.76. The van der Waals surface area contributed by atoms with Crippen LogP contribution in [0.2, 0.25) is 5.02 Å². The summed E-state index contributed by atoms with van der Waals surface area (Å²) in [6, 6.07) is 3.96. The Balaban J connectivity index is 2.59. The van der Waals surface area contributed by atoms with Crippen LogP contribution in [-0.4, -0.2) is 14.8 Å². The van der Waals surface area contributed by atoms with Crippen LogP contribution < -0.4 is 0 Å². The summed E-state index contributed by atoms with van der Waals surface area (Å²) in [7, 11) is 0. The van der Waals surface area contributed by atoms with Crippen molar-refractivity contribution in [1.82, 2.24) is 14.8 Å². The molecule has 0 amide bonds. The molecule has 0 atom stereocenters. The van der Waals surface area contributed by atoms with Crippen LogP contribution in [0.4, 0.5) is 0 Å². The highest BCUT2D eigenvalue weighted by molar-refractivity contribution is 6.31. The number of rotatable bonds is 3. The van der Waals surface area contributed by atoms with Crippen molar-refractivity contribution in [3.63, 3.8) is 0 Å². The van der Waals surface area contributed by atoms with Crippen molar-refractivity contribution in [2.45, 2.75) is 33.1 Å². The summed E-state index contributed by atoms with van der Waals surface area (Å²) in [5.74, 6) is 1.24. The highest BCUT2D eigenvalue weighted by Crippen LogP contribution is 2.22. The minimum absolute atomic E-state index is 0.468. The third kappa shape index (κ3) is 2.38. The predicted molar refractivity (Wildman–Crippen MR) is 74.8 cm³/mol. The summed E-state index contributed by atoms with van der Waals surface area (Å²) in [6.45, 7) is 5.89. The van der Waals surface area contributed by atoms with Gasteiger partial charge < -0.3 is 0 Å². The summed E-state index contributed by atoms with van der Waals surface area (Å²) >= 11 is 12.1. The molecule has 2 heterocycles. The zero-order valence-corrected chi connectivity index (χ0v) is 12.2. The normalized spacial score (nSPS) is 10.9. The molecule has 96 valence electrons. The van der Waals surface area contributed by atoms with Crippen molar-refractivity contribution in [3.05, 3.63) is 39.8 Å². The summed E-state index contributed by atoms with van der Waals surface area (Å²) < 4.78 is 1.77. The van der Waals surface area contributed by atoms with E-state index in [-0.39, 0.29) is 0 Å². The molecule has 2 aromatic heterocycles. The van der Waals surface area contributed by atoms with Gasteiger partial charge >= 0.3 is 0 Å². The van der Waals surface area contributed by atoms with Gasteiger partial charge in [-0.25, -0.2) is 9.67 Å². The fourth-order valence-electron chi connectivity index (χ4n) is 1.85. The van der Waals surface area contributed by atoms with E-state index in [1.807, 2.05) is 26.0 Å². The number of aromatic nitrogens is 3. The van der Waals surface area contributed by atoms with Gasteiger partial charge in [-0.1, -0.05) is 18.5 Å². The van der Waals surface area contributed by atoms with Crippen LogP contribution in [0.25, 0.3) is 5.82 Å². The van der Waals surface area contributed by atoms with Crippen molar-refractivity contribution < 1.29 is 0 Å². The highest BCUT2D eigenvalue weighted by atomic mass is 35.5. The lowest BCUT2D eigenvalue weighted by Gasteiger charge is -2.08. The fraction of sp³-hybridized carbons (Fsp3) is 0.385. The largest absolute Gasteiger partial charge is 0.234 e. The number of hydrogen-bond donors (Lipinski definition) is 0. The van der Waals surface area contributed by atoms with Crippen LogP contribution in [-0.2, 0) is 12.3 Å². The van der Waals surface area contributed by atoms with Gasteiger partial charge in [-0.2, -0.15) is 5.10 Å². The maximum Gasteiger partial charge on any atom is 0.154 e. The smallest absolute Gasteiger partial charge is 0.154 e. The van der Waals surface area contributed by atoms with Crippen molar-refractivity contribution in [3.8, 4) is 5.82 Å². The summed E-state index contributed by atoms with van der Waals surface area (Å²) in [6.07, 6.45) is 0.866. The van der Waals surface area contributed by atoms with Crippen molar-refractivity contribution in [2.75, 3.05) is 0 Å². The van der Waals surface area contributed by atoms with Gasteiger partial charge in [0.05, 0.1) is 16.4 Å². The zero-order valence-electron chi connectivity index (χ0n) is 10.7. The van der Waals surface area contributed by atoms with E-state index in [0.717, 1.165) is 34.9 Å². The van der Waals surface area contributed by atoms with E-state index in [1.54, 1.807) is 4.68 Å². The fourth-order valence-corrected chi connectivity index (χ4v) is 2.12. The average Bonchev–Trinajstić information content (AvgIpc) is 2.65. The second kappa shape index (κ2) is 5.29. The quantitative estimate of drug-likeness (QED) is 0.802. The van der Waals surface area contributed by atoms with Gasteiger partial charge in [0.2, 0.25) is 0 Å². The number of hydrogen-bond acceptors (Lipinski definition) is 2. The minimum Gasteiger partial charge on any atom is -0.234 e. The first-order chi connectivity index (χ1) is 8.56. The Morgan fingerprint density at radius 3 is 2.50 bits per heavy atom. The van der Waals surface area contributed by atoms with E-state index >= 15 is 0 Å². The molecule has 0 bridgehead atoms. The first-order valence-electron chi connectivity index (χ1n) is 5.84. The Morgan fingerprint density at radius 1 is 1.28 bits per heavy atom. The highest BCUT2D eigenvalue weighted by Gasteiger charge is 2.12. The molecule has 0 spiro atoms. The molecule has 0 aliphatic rings. The molecule has 5 heteroatoms. The number of nitrogens with zero attached hydrogens (tertiary/aromatic N) is 3. The molecule has 0 aliphatic heterocycles. The molecule has 0 aromatic carbocycles. The number of pyridine rings is 1. The van der Waals surface area contributed by atoms with Crippen LogP contribution in [0.1, 0.15) is 29.6 Å². The summed E-state index contributed by atoms with van der Waals surface area (Å²) in [5, 5.41) is 5.10. The van der Waals surface area contributed by atoms with Crippen LogP contribution in [0, 0.1) is 13.8 Å². The third-order valence-corrected chi connectivity index (χ3v) is 3.72. The maximum atomic E-state index is 6.16. The van der Waals surface area contributed by atoms with E-state index in [1.165, 1.54) is 0 Å². The van der Waals surface area contributed by atoms with Gasteiger partial charge in [0, 0.05) is 11.6 Å². The SMILES string of the molecule is CCc1cc(CCl)cc(-n2nc(C)c(Cl)c2C)n1. The van der Waals surface area contributed by atoms with Crippen LogP contribution >= 0.6 is 23.2 Å². The standard InChI is InChI=1S/C13H15Cl2N3/c1-4-11-5-10(7-14)6-12(16-11)18-9(3)13(15)8(2)17-18/h5-6H,4,7H2,1-3H3. The second-order valence-corrected chi connectivity index (χ2v) is 4.85. The molecule has 0 aliphatic carbocycles. The van der Waals surface area contributed by atoms with E-state index < -0.39 is 0 Å². The van der Waals surface area contributed by atoms with Crippen molar-refractivity contribution >= 4 is 23.2 Å². The number of halogens is 2. The Kier molecular flexibility index (Phi) is 3.93. The molecular formula is C13H15Cl2N3. The molecule has 2 aromatic rings. The van der Waals surface area contributed by atoms with E-state index in [0.29, 0.717) is 10.9 Å². The molecule has 0 fully saturated rings. The number of aryl methyl sites for hydroxylation is 2. The zero-order chi connectivity index (χ0) is 13.3. The van der Waals surface area contributed by atoms with Gasteiger partial charge in [-0.05, 0) is 38.0 Å². The first-order valence-corrected chi connectivity index (χ1v) is 6.76. The van der Waals surface area contributed by atoms with Gasteiger partial charge in [0.15, 0.2) is 5.82 Å². The molecule has 0 unspecified atom stereocenters. The Morgan fingerprint density at radius 2 is 2.00 bits per heavy atom. The molecule has 3 nitrogen and oxygen atoms in total. The molecule has 18 heavy (non-hydrogen) atoms. The lowest BCUT2D eigenvalue weighted by molar-refractivity contribution is 0.794. The number of alkyl halides is 1. The van der Waals surface area contributed by atoms with E-state index in [9.17, 15) is 0 Å². The molecule has 0 N–H and O–H groups in total. The molecule has 0 radical (unpaired) electrons. The first kappa shape index (κ1) is 13.4. The van der Waals surface area contributed by atoms with Gasteiger partial charge in [-0.15, -0.1) is 11.6 Å². The molecule has 0 saturated heterocycles. The Hall–Kier alpha value is -1.06. The lowest BCUT2D eigenvalue weighted by atomic mass is 10.2.